The first-order chi connectivity index (χ1) is 10.5. The summed E-state index contributed by atoms with van der Waals surface area (Å²) in [6.45, 7) is 3.48. The van der Waals surface area contributed by atoms with E-state index in [1.165, 1.54) is 26.0 Å². The van der Waals surface area contributed by atoms with E-state index in [1.807, 2.05) is 24.3 Å². The number of carbonyl (C=O) groups is 2. The summed E-state index contributed by atoms with van der Waals surface area (Å²) >= 11 is 1.25. The van der Waals surface area contributed by atoms with Crippen molar-refractivity contribution in [1.82, 2.24) is 9.55 Å². The minimum absolute atomic E-state index is 0.339. The van der Waals surface area contributed by atoms with Gasteiger partial charge in [0.2, 0.25) is 0 Å². The molecule has 0 bridgehead atoms. The molecule has 0 radical (unpaired) electrons. The molecular weight excluding hydrogens is 304 g/mol. The van der Waals surface area contributed by atoms with Crippen molar-refractivity contribution in [1.29, 1.82) is 0 Å². The largest absolute Gasteiger partial charge is 0.468 e. The van der Waals surface area contributed by atoms with Gasteiger partial charge in [-0.15, -0.1) is 0 Å². The Morgan fingerprint density at radius 2 is 1.77 bits per heavy atom. The zero-order valence-corrected chi connectivity index (χ0v) is 13.7. The second-order valence-corrected chi connectivity index (χ2v) is 6.04. The van der Waals surface area contributed by atoms with Crippen molar-refractivity contribution in [2.75, 3.05) is 14.2 Å². The zero-order valence-electron chi connectivity index (χ0n) is 12.9. The number of rotatable bonds is 5. The maximum Gasteiger partial charge on any atom is 0.328 e. The predicted molar refractivity (Wildman–Crippen MR) is 83.8 cm³/mol. The Morgan fingerprint density at radius 1 is 1.14 bits per heavy atom. The van der Waals surface area contributed by atoms with Crippen LogP contribution in [0, 0.1) is 0 Å². The van der Waals surface area contributed by atoms with Crippen molar-refractivity contribution >= 4 is 34.7 Å². The van der Waals surface area contributed by atoms with Crippen molar-refractivity contribution in [3.8, 4) is 0 Å². The lowest BCUT2D eigenvalue weighted by molar-refractivity contribution is -0.144. The molecule has 7 heteroatoms. The average molecular weight is 322 g/mol. The molecule has 6 nitrogen and oxygen atoms in total. The Hall–Kier alpha value is -2.02. The predicted octanol–water partition coefficient (Wildman–Crippen LogP) is 2.42. The first-order valence-electron chi connectivity index (χ1n) is 6.78. The number of carbonyl (C=O) groups excluding carboxylic acids is 2. The number of ether oxygens (including phenoxy) is 2. The fourth-order valence-electron chi connectivity index (χ4n) is 2.13. The Morgan fingerprint density at radius 3 is 2.41 bits per heavy atom. The van der Waals surface area contributed by atoms with Gasteiger partial charge in [-0.25, -0.2) is 9.78 Å². The van der Waals surface area contributed by atoms with E-state index >= 15 is 0 Å². The number of benzene rings is 1. The molecule has 22 heavy (non-hydrogen) atoms. The summed E-state index contributed by atoms with van der Waals surface area (Å²) in [7, 11) is 2.70. The van der Waals surface area contributed by atoms with Crippen LogP contribution in [-0.2, 0) is 19.1 Å². The highest BCUT2D eigenvalue weighted by Crippen LogP contribution is 2.31. The molecule has 0 N–H and O–H groups in total. The van der Waals surface area contributed by atoms with Gasteiger partial charge in [0.05, 0.1) is 25.3 Å². The topological polar surface area (TPSA) is 70.4 Å². The van der Waals surface area contributed by atoms with Gasteiger partial charge < -0.3 is 14.0 Å². The number of fused-ring (bicyclic) bond motifs is 1. The van der Waals surface area contributed by atoms with Crippen LogP contribution in [0.1, 0.15) is 19.9 Å². The maximum absolute atomic E-state index is 11.9. The number of para-hydroxylation sites is 2. The molecule has 0 aliphatic rings. The van der Waals surface area contributed by atoms with Gasteiger partial charge in [-0.2, -0.15) is 0 Å². The van der Waals surface area contributed by atoms with Gasteiger partial charge in [0, 0.05) is 0 Å². The van der Waals surface area contributed by atoms with Crippen LogP contribution >= 0.6 is 11.8 Å². The van der Waals surface area contributed by atoms with Gasteiger partial charge in [0.1, 0.15) is 11.3 Å². The SMILES string of the molecule is COC(=O)[C@@H](C)Sc1nc2ccccc2n1[C@@H](C)C(=O)OC. The summed E-state index contributed by atoms with van der Waals surface area (Å²) < 4.78 is 11.3. The highest BCUT2D eigenvalue weighted by molar-refractivity contribution is 8.00. The number of thioether (sulfide) groups is 1. The molecule has 0 aliphatic heterocycles. The van der Waals surface area contributed by atoms with E-state index in [0.717, 1.165) is 11.0 Å². The molecule has 0 unspecified atom stereocenters. The van der Waals surface area contributed by atoms with E-state index in [-0.39, 0.29) is 11.9 Å². The first kappa shape index (κ1) is 16.4. The number of hydrogen-bond acceptors (Lipinski definition) is 6. The fourth-order valence-corrected chi connectivity index (χ4v) is 3.16. The van der Waals surface area contributed by atoms with Crippen LogP contribution < -0.4 is 0 Å². The monoisotopic (exact) mass is 322 g/mol. The van der Waals surface area contributed by atoms with Crippen LogP contribution in [0.5, 0.6) is 0 Å². The normalized spacial score (nSPS) is 13.6. The third-order valence-electron chi connectivity index (χ3n) is 3.31. The van der Waals surface area contributed by atoms with Gasteiger partial charge >= 0.3 is 11.9 Å². The van der Waals surface area contributed by atoms with E-state index in [4.69, 9.17) is 9.47 Å². The Bertz CT molecular complexity index is 698. The lowest BCUT2D eigenvalue weighted by atomic mass is 10.3. The highest BCUT2D eigenvalue weighted by atomic mass is 32.2. The zero-order chi connectivity index (χ0) is 16.3. The van der Waals surface area contributed by atoms with Gasteiger partial charge in [0.25, 0.3) is 0 Å². The number of methoxy groups -OCH3 is 2. The molecule has 0 amide bonds. The Kier molecular flexibility index (Phi) is 5.07. The van der Waals surface area contributed by atoms with E-state index in [9.17, 15) is 9.59 Å². The number of imidazole rings is 1. The van der Waals surface area contributed by atoms with Gasteiger partial charge in [-0.1, -0.05) is 23.9 Å². The lowest BCUT2D eigenvalue weighted by Crippen LogP contribution is -2.20. The number of hydrogen-bond donors (Lipinski definition) is 0. The smallest absolute Gasteiger partial charge is 0.328 e. The van der Waals surface area contributed by atoms with Crippen molar-refractivity contribution in [3.05, 3.63) is 24.3 Å². The van der Waals surface area contributed by atoms with Crippen LogP contribution in [0.4, 0.5) is 0 Å². The van der Waals surface area contributed by atoms with Crippen molar-refractivity contribution in [3.63, 3.8) is 0 Å². The lowest BCUT2D eigenvalue weighted by Gasteiger charge is -2.16. The summed E-state index contributed by atoms with van der Waals surface area (Å²) in [5, 5.41) is 0.155. The molecule has 2 atom stereocenters. The minimum atomic E-state index is -0.537. The van der Waals surface area contributed by atoms with Gasteiger partial charge in [0.15, 0.2) is 5.16 Å². The van der Waals surface area contributed by atoms with E-state index < -0.39 is 11.3 Å². The third-order valence-corrected chi connectivity index (χ3v) is 4.35. The Balaban J connectivity index is 2.48. The molecule has 0 spiro atoms. The van der Waals surface area contributed by atoms with Crippen LogP contribution in [0.3, 0.4) is 0 Å². The Labute approximate surface area is 132 Å². The molecule has 2 aromatic rings. The second kappa shape index (κ2) is 6.83. The maximum atomic E-state index is 11.9. The first-order valence-corrected chi connectivity index (χ1v) is 7.66. The number of nitrogens with zero attached hydrogens (tertiary/aromatic N) is 2. The number of esters is 2. The summed E-state index contributed by atoms with van der Waals surface area (Å²) in [4.78, 5) is 28.1. The molecule has 0 saturated carbocycles. The molecule has 1 aromatic heterocycles. The molecule has 0 saturated heterocycles. The van der Waals surface area contributed by atoms with Crippen LogP contribution in [0.25, 0.3) is 11.0 Å². The molecule has 1 heterocycles. The molecule has 2 rings (SSSR count). The summed E-state index contributed by atoms with van der Waals surface area (Å²) in [5.74, 6) is -0.704. The summed E-state index contributed by atoms with van der Waals surface area (Å²) in [5.41, 5.74) is 1.58. The van der Waals surface area contributed by atoms with Gasteiger partial charge in [-0.3, -0.25) is 4.79 Å². The quantitative estimate of drug-likeness (QED) is 0.622. The summed E-state index contributed by atoms with van der Waals surface area (Å²) in [6, 6.07) is 6.96. The van der Waals surface area contributed by atoms with Crippen molar-refractivity contribution in [2.24, 2.45) is 0 Å². The van der Waals surface area contributed by atoms with Crippen LogP contribution in [0.2, 0.25) is 0 Å². The summed E-state index contributed by atoms with van der Waals surface area (Å²) in [6.07, 6.45) is 0. The van der Waals surface area contributed by atoms with Gasteiger partial charge in [-0.05, 0) is 26.0 Å². The molecule has 1 aromatic carbocycles. The van der Waals surface area contributed by atoms with Crippen molar-refractivity contribution in [2.45, 2.75) is 30.3 Å². The second-order valence-electron chi connectivity index (χ2n) is 4.74. The van der Waals surface area contributed by atoms with E-state index in [0.29, 0.717) is 5.16 Å². The molecule has 118 valence electrons. The average Bonchev–Trinajstić information content (AvgIpc) is 2.90. The number of aromatic nitrogens is 2. The van der Waals surface area contributed by atoms with Crippen molar-refractivity contribution < 1.29 is 19.1 Å². The third kappa shape index (κ3) is 3.09. The molecular formula is C15H18N2O4S. The van der Waals surface area contributed by atoms with Crippen LogP contribution in [-0.4, -0.2) is 41.0 Å². The van der Waals surface area contributed by atoms with Crippen LogP contribution in [0.15, 0.2) is 29.4 Å². The van der Waals surface area contributed by atoms with E-state index in [1.54, 1.807) is 18.4 Å². The molecule has 0 aliphatic carbocycles. The fraction of sp³-hybridized carbons (Fsp3) is 0.400. The minimum Gasteiger partial charge on any atom is -0.468 e. The molecule has 0 fully saturated rings. The van der Waals surface area contributed by atoms with E-state index in [2.05, 4.69) is 4.98 Å². The highest BCUT2D eigenvalue weighted by Gasteiger charge is 2.25. The standard InChI is InChI=1S/C15H18N2O4S/c1-9(13(18)20-3)17-12-8-6-5-7-11(12)16-15(17)22-10(2)14(19)21-4/h5-10H,1-4H3/t9-,10+/m0/s1.